The summed E-state index contributed by atoms with van der Waals surface area (Å²) in [7, 11) is 1.82. The maximum absolute atomic E-state index is 13.0. The van der Waals surface area contributed by atoms with E-state index < -0.39 is 0 Å². The van der Waals surface area contributed by atoms with Crippen molar-refractivity contribution in [2.24, 2.45) is 0 Å². The number of benzene rings is 1. The van der Waals surface area contributed by atoms with Crippen LogP contribution in [0.2, 0.25) is 0 Å². The molecule has 1 aromatic carbocycles. The van der Waals surface area contributed by atoms with Gasteiger partial charge in [0.2, 0.25) is 0 Å². The Morgan fingerprint density at radius 1 is 1.31 bits per heavy atom. The normalized spacial score (nSPS) is 14.3. The minimum absolute atomic E-state index is 0.00675. The van der Waals surface area contributed by atoms with Gasteiger partial charge in [-0.05, 0) is 58.2 Å². The van der Waals surface area contributed by atoms with Crippen molar-refractivity contribution >= 4 is 5.91 Å². The number of hydrogen-bond donors (Lipinski definition) is 0. The van der Waals surface area contributed by atoms with Crippen LogP contribution in [0.4, 0.5) is 0 Å². The molecule has 2 aromatic rings. The second-order valence-electron chi connectivity index (χ2n) is 8.15. The average Bonchev–Trinajstić information content (AvgIpc) is 3.33. The molecular formula is C21H29N3O2. The molecule has 1 amide bonds. The zero-order valence-corrected chi connectivity index (χ0v) is 16.5. The van der Waals surface area contributed by atoms with Gasteiger partial charge in [-0.15, -0.1) is 0 Å². The Morgan fingerprint density at radius 3 is 2.62 bits per heavy atom. The van der Waals surface area contributed by atoms with Gasteiger partial charge in [0.1, 0.15) is 18.1 Å². The van der Waals surface area contributed by atoms with Crippen LogP contribution in [0, 0.1) is 6.92 Å². The van der Waals surface area contributed by atoms with Gasteiger partial charge in [-0.3, -0.25) is 9.48 Å². The highest BCUT2D eigenvalue weighted by Crippen LogP contribution is 2.40. The molecule has 0 aliphatic heterocycles. The third kappa shape index (κ3) is 4.09. The Kier molecular flexibility index (Phi) is 5.08. The molecule has 1 saturated carbocycles. The number of carbonyl (C=O) groups excluding carboxylic acids is 1. The smallest absolute Gasteiger partial charge is 0.272 e. The monoisotopic (exact) mass is 355 g/mol. The third-order valence-corrected chi connectivity index (χ3v) is 4.70. The van der Waals surface area contributed by atoms with E-state index in [1.54, 1.807) is 4.90 Å². The SMILES string of the molecule is Cc1ccccc1OCCN(C)C(=O)c1cc(C2CC2)nn1C(C)(C)C. The van der Waals surface area contributed by atoms with Crippen LogP contribution in [0.3, 0.4) is 0 Å². The number of aryl methyl sites for hydroxylation is 1. The first kappa shape index (κ1) is 18.5. The van der Waals surface area contributed by atoms with Crippen molar-refractivity contribution in [2.45, 2.75) is 52.0 Å². The first-order valence-electron chi connectivity index (χ1n) is 9.31. The van der Waals surface area contributed by atoms with Gasteiger partial charge in [-0.25, -0.2) is 0 Å². The number of likely N-dealkylation sites (N-methyl/N-ethyl adjacent to an activating group) is 1. The fourth-order valence-corrected chi connectivity index (χ4v) is 2.95. The van der Waals surface area contributed by atoms with Gasteiger partial charge in [-0.2, -0.15) is 5.10 Å². The standard InChI is InChI=1S/C21H29N3O2/c1-15-8-6-7-9-19(15)26-13-12-23(5)20(25)18-14-17(16-10-11-16)22-24(18)21(2,3)4/h6-9,14,16H,10-13H2,1-5H3. The molecule has 0 atom stereocenters. The summed E-state index contributed by atoms with van der Waals surface area (Å²) in [4.78, 5) is 14.7. The number of para-hydroxylation sites is 1. The van der Waals surface area contributed by atoms with Crippen LogP contribution in [0.15, 0.2) is 30.3 Å². The number of amides is 1. The zero-order chi connectivity index (χ0) is 18.9. The molecule has 3 rings (SSSR count). The molecule has 5 nitrogen and oxygen atoms in total. The maximum atomic E-state index is 13.0. The first-order valence-corrected chi connectivity index (χ1v) is 9.31. The summed E-state index contributed by atoms with van der Waals surface area (Å²) in [5.74, 6) is 1.39. The lowest BCUT2D eigenvalue weighted by atomic mass is 10.1. The molecule has 0 bridgehead atoms. The largest absolute Gasteiger partial charge is 0.491 e. The zero-order valence-electron chi connectivity index (χ0n) is 16.5. The topological polar surface area (TPSA) is 47.4 Å². The molecule has 1 aliphatic rings. The lowest BCUT2D eigenvalue weighted by Crippen LogP contribution is -2.35. The van der Waals surface area contributed by atoms with Crippen molar-refractivity contribution in [1.82, 2.24) is 14.7 Å². The molecule has 1 aliphatic carbocycles. The molecular weight excluding hydrogens is 326 g/mol. The third-order valence-electron chi connectivity index (χ3n) is 4.70. The van der Waals surface area contributed by atoms with Crippen molar-refractivity contribution in [3.05, 3.63) is 47.3 Å². The number of nitrogens with zero attached hydrogens (tertiary/aromatic N) is 3. The molecule has 1 aromatic heterocycles. The number of ether oxygens (including phenoxy) is 1. The van der Waals surface area contributed by atoms with Crippen LogP contribution in [0.5, 0.6) is 5.75 Å². The van der Waals surface area contributed by atoms with Gasteiger partial charge < -0.3 is 9.64 Å². The Labute approximate surface area is 156 Å². The fraction of sp³-hybridized carbons (Fsp3) is 0.524. The van der Waals surface area contributed by atoms with Gasteiger partial charge >= 0.3 is 0 Å². The van der Waals surface area contributed by atoms with E-state index in [-0.39, 0.29) is 11.4 Å². The number of rotatable bonds is 6. The van der Waals surface area contributed by atoms with E-state index in [1.165, 1.54) is 12.8 Å². The van der Waals surface area contributed by atoms with Crippen LogP contribution >= 0.6 is 0 Å². The molecule has 0 saturated heterocycles. The van der Waals surface area contributed by atoms with E-state index in [1.807, 2.05) is 49.0 Å². The summed E-state index contributed by atoms with van der Waals surface area (Å²) in [5, 5.41) is 4.72. The highest BCUT2D eigenvalue weighted by Gasteiger charge is 2.32. The van der Waals surface area contributed by atoms with E-state index >= 15 is 0 Å². The molecule has 140 valence electrons. The Balaban J connectivity index is 1.67. The first-order chi connectivity index (χ1) is 12.3. The highest BCUT2D eigenvalue weighted by molar-refractivity contribution is 5.92. The summed E-state index contributed by atoms with van der Waals surface area (Å²) in [6, 6.07) is 9.89. The predicted octanol–water partition coefficient (Wildman–Crippen LogP) is 3.97. The van der Waals surface area contributed by atoms with E-state index in [9.17, 15) is 4.79 Å². The van der Waals surface area contributed by atoms with Crippen LogP contribution in [-0.2, 0) is 5.54 Å². The molecule has 5 heteroatoms. The van der Waals surface area contributed by atoms with Crippen molar-refractivity contribution in [3.8, 4) is 5.75 Å². The molecule has 0 spiro atoms. The van der Waals surface area contributed by atoms with E-state index in [0.717, 1.165) is 17.0 Å². The summed E-state index contributed by atoms with van der Waals surface area (Å²) in [6.07, 6.45) is 2.35. The lowest BCUT2D eigenvalue weighted by Gasteiger charge is -2.24. The maximum Gasteiger partial charge on any atom is 0.272 e. The Morgan fingerprint density at radius 2 is 2.00 bits per heavy atom. The van der Waals surface area contributed by atoms with Gasteiger partial charge in [0.25, 0.3) is 5.91 Å². The minimum Gasteiger partial charge on any atom is -0.491 e. The second kappa shape index (κ2) is 7.14. The lowest BCUT2D eigenvalue weighted by molar-refractivity contribution is 0.0753. The molecule has 0 unspecified atom stereocenters. The van der Waals surface area contributed by atoms with Crippen molar-refractivity contribution in [3.63, 3.8) is 0 Å². The van der Waals surface area contributed by atoms with Crippen molar-refractivity contribution in [2.75, 3.05) is 20.2 Å². The highest BCUT2D eigenvalue weighted by atomic mass is 16.5. The van der Waals surface area contributed by atoms with Crippen molar-refractivity contribution < 1.29 is 9.53 Å². The van der Waals surface area contributed by atoms with Crippen LogP contribution in [0.25, 0.3) is 0 Å². The molecule has 0 N–H and O–H groups in total. The van der Waals surface area contributed by atoms with Crippen LogP contribution in [-0.4, -0.2) is 40.8 Å². The Hall–Kier alpha value is -2.30. The minimum atomic E-state index is -0.226. The summed E-state index contributed by atoms with van der Waals surface area (Å²) in [5.41, 5.74) is 2.59. The molecule has 1 fully saturated rings. The molecule has 1 heterocycles. The van der Waals surface area contributed by atoms with E-state index in [4.69, 9.17) is 9.84 Å². The van der Waals surface area contributed by atoms with Gasteiger partial charge in [0.15, 0.2) is 0 Å². The van der Waals surface area contributed by atoms with Crippen LogP contribution < -0.4 is 4.74 Å². The summed E-state index contributed by atoms with van der Waals surface area (Å²) < 4.78 is 7.70. The number of carbonyl (C=O) groups is 1. The number of hydrogen-bond acceptors (Lipinski definition) is 3. The van der Waals surface area contributed by atoms with E-state index in [2.05, 4.69) is 20.8 Å². The molecule has 0 radical (unpaired) electrons. The predicted molar refractivity (Wildman–Crippen MR) is 103 cm³/mol. The van der Waals surface area contributed by atoms with Gasteiger partial charge in [0.05, 0.1) is 17.8 Å². The molecule has 26 heavy (non-hydrogen) atoms. The summed E-state index contributed by atoms with van der Waals surface area (Å²) >= 11 is 0. The van der Waals surface area contributed by atoms with Crippen molar-refractivity contribution in [1.29, 1.82) is 0 Å². The van der Waals surface area contributed by atoms with E-state index in [0.29, 0.717) is 24.8 Å². The van der Waals surface area contributed by atoms with Gasteiger partial charge in [0, 0.05) is 13.0 Å². The summed E-state index contributed by atoms with van der Waals surface area (Å²) in [6.45, 7) is 9.25. The van der Waals surface area contributed by atoms with Crippen LogP contribution in [0.1, 0.15) is 61.3 Å². The quantitative estimate of drug-likeness (QED) is 0.787. The second-order valence-corrected chi connectivity index (χ2v) is 8.15. The average molecular weight is 355 g/mol. The van der Waals surface area contributed by atoms with Gasteiger partial charge in [-0.1, -0.05) is 18.2 Å². The Bertz CT molecular complexity index is 785. The fourth-order valence-electron chi connectivity index (χ4n) is 2.95. The number of aromatic nitrogens is 2.